The van der Waals surface area contributed by atoms with Crippen molar-refractivity contribution < 1.29 is 9.18 Å². The Morgan fingerprint density at radius 1 is 1.35 bits per heavy atom. The number of hydrogen-bond acceptors (Lipinski definition) is 3. The predicted octanol–water partition coefficient (Wildman–Crippen LogP) is 2.69. The lowest BCUT2D eigenvalue weighted by Gasteiger charge is -2.28. The fourth-order valence-electron chi connectivity index (χ4n) is 4.71. The molecular formula is C20H25FN4O. The van der Waals surface area contributed by atoms with E-state index in [-0.39, 0.29) is 17.8 Å². The van der Waals surface area contributed by atoms with Crippen LogP contribution in [-0.4, -0.2) is 40.2 Å². The topological polar surface area (TPSA) is 50.2 Å². The highest BCUT2D eigenvalue weighted by Gasteiger charge is 2.47. The van der Waals surface area contributed by atoms with Gasteiger partial charge in [-0.25, -0.2) is 4.39 Å². The minimum absolute atomic E-state index is 0.0170. The number of amides is 1. The summed E-state index contributed by atoms with van der Waals surface area (Å²) in [5, 5.41) is 7.93. The van der Waals surface area contributed by atoms with Crippen LogP contribution in [0.1, 0.15) is 40.3 Å². The molecule has 6 heteroatoms. The van der Waals surface area contributed by atoms with E-state index in [1.165, 1.54) is 6.07 Å². The van der Waals surface area contributed by atoms with Gasteiger partial charge in [0.1, 0.15) is 5.82 Å². The predicted molar refractivity (Wildman–Crippen MR) is 97.4 cm³/mol. The maximum absolute atomic E-state index is 13.9. The summed E-state index contributed by atoms with van der Waals surface area (Å²) in [4.78, 5) is 15.4. The van der Waals surface area contributed by atoms with E-state index in [0.29, 0.717) is 23.9 Å². The van der Waals surface area contributed by atoms with Gasteiger partial charge in [0.05, 0.1) is 17.3 Å². The fourth-order valence-corrected chi connectivity index (χ4v) is 4.71. The number of benzene rings is 1. The summed E-state index contributed by atoms with van der Waals surface area (Å²) in [6.07, 6.45) is 0. The van der Waals surface area contributed by atoms with Crippen LogP contribution in [0, 0.1) is 31.5 Å². The first kappa shape index (κ1) is 17.2. The molecular weight excluding hydrogens is 331 g/mol. The average Bonchev–Trinajstić information content (AvgIpc) is 3.27. The number of rotatable bonds is 3. The SMILES string of the molecule is CCn1nc(C)c(C(=O)N2C[C@@H]3CNC[C@@H]3[C@H]2c2cccc(F)c2)c1C. The Kier molecular flexibility index (Phi) is 4.31. The smallest absolute Gasteiger partial charge is 0.258 e. The second-order valence-corrected chi connectivity index (χ2v) is 7.40. The highest BCUT2D eigenvalue weighted by Crippen LogP contribution is 2.43. The summed E-state index contributed by atoms with van der Waals surface area (Å²) in [5.74, 6) is 0.496. The molecule has 1 N–H and O–H groups in total. The van der Waals surface area contributed by atoms with E-state index in [4.69, 9.17) is 0 Å². The molecule has 3 heterocycles. The van der Waals surface area contributed by atoms with E-state index in [0.717, 1.165) is 36.6 Å². The Balaban J connectivity index is 1.74. The average molecular weight is 356 g/mol. The summed E-state index contributed by atoms with van der Waals surface area (Å²) >= 11 is 0. The Morgan fingerprint density at radius 2 is 2.15 bits per heavy atom. The van der Waals surface area contributed by atoms with Gasteiger partial charge in [0.2, 0.25) is 0 Å². The molecule has 0 aliphatic carbocycles. The molecule has 0 saturated carbocycles. The molecule has 0 unspecified atom stereocenters. The highest BCUT2D eigenvalue weighted by atomic mass is 19.1. The third-order valence-corrected chi connectivity index (χ3v) is 5.91. The van der Waals surface area contributed by atoms with Crippen LogP contribution in [0.2, 0.25) is 0 Å². The summed E-state index contributed by atoms with van der Waals surface area (Å²) < 4.78 is 15.7. The van der Waals surface area contributed by atoms with Crippen molar-refractivity contribution in [3.05, 3.63) is 52.6 Å². The maximum Gasteiger partial charge on any atom is 0.258 e. The van der Waals surface area contributed by atoms with Crippen molar-refractivity contribution in [2.24, 2.45) is 11.8 Å². The van der Waals surface area contributed by atoms with Crippen molar-refractivity contribution in [2.45, 2.75) is 33.4 Å². The van der Waals surface area contributed by atoms with E-state index in [1.807, 2.05) is 36.4 Å². The van der Waals surface area contributed by atoms with Gasteiger partial charge in [0, 0.05) is 37.8 Å². The number of nitrogens with one attached hydrogen (secondary N) is 1. The number of aromatic nitrogens is 2. The first-order valence-corrected chi connectivity index (χ1v) is 9.32. The number of likely N-dealkylation sites (tertiary alicyclic amines) is 1. The number of hydrogen-bond donors (Lipinski definition) is 1. The summed E-state index contributed by atoms with van der Waals surface area (Å²) in [6, 6.07) is 6.59. The molecule has 0 radical (unpaired) electrons. The van der Waals surface area contributed by atoms with E-state index in [1.54, 1.807) is 12.1 Å². The Bertz CT molecular complexity index is 846. The monoisotopic (exact) mass is 356 g/mol. The Hall–Kier alpha value is -2.21. The van der Waals surface area contributed by atoms with Gasteiger partial charge in [0.25, 0.3) is 5.91 Å². The lowest BCUT2D eigenvalue weighted by atomic mass is 9.89. The van der Waals surface area contributed by atoms with Crippen LogP contribution >= 0.6 is 0 Å². The fraction of sp³-hybridized carbons (Fsp3) is 0.500. The maximum atomic E-state index is 13.9. The van der Waals surface area contributed by atoms with Crippen LogP contribution in [0.4, 0.5) is 4.39 Å². The minimum atomic E-state index is -0.254. The molecule has 26 heavy (non-hydrogen) atoms. The van der Waals surface area contributed by atoms with Crippen molar-refractivity contribution >= 4 is 5.91 Å². The van der Waals surface area contributed by atoms with Gasteiger partial charge in [0.15, 0.2) is 0 Å². The Morgan fingerprint density at radius 3 is 2.85 bits per heavy atom. The molecule has 0 bridgehead atoms. The minimum Gasteiger partial charge on any atom is -0.331 e. The summed E-state index contributed by atoms with van der Waals surface area (Å²) in [7, 11) is 0. The van der Waals surface area contributed by atoms with Crippen molar-refractivity contribution in [2.75, 3.05) is 19.6 Å². The lowest BCUT2D eigenvalue weighted by Crippen LogP contribution is -2.35. The molecule has 2 fully saturated rings. The van der Waals surface area contributed by atoms with Crippen molar-refractivity contribution in [3.63, 3.8) is 0 Å². The molecule has 4 rings (SSSR count). The molecule has 1 aromatic heterocycles. The van der Waals surface area contributed by atoms with Crippen molar-refractivity contribution in [3.8, 4) is 0 Å². The highest BCUT2D eigenvalue weighted by molar-refractivity contribution is 5.97. The molecule has 2 aliphatic rings. The zero-order valence-electron chi connectivity index (χ0n) is 15.5. The standard InChI is InChI=1S/C20H25FN4O/c1-4-25-13(3)18(12(2)23-25)20(26)24-11-15-9-22-10-17(15)19(24)14-6-5-7-16(21)8-14/h5-8,15,17,19,22H,4,9-11H2,1-3H3/t15-,17-,19+/m0/s1. The van der Waals surface area contributed by atoms with E-state index < -0.39 is 0 Å². The van der Waals surface area contributed by atoms with Crippen molar-refractivity contribution in [1.29, 1.82) is 0 Å². The van der Waals surface area contributed by atoms with E-state index in [9.17, 15) is 9.18 Å². The summed E-state index contributed by atoms with van der Waals surface area (Å²) in [5.41, 5.74) is 3.25. The molecule has 3 atom stereocenters. The second kappa shape index (κ2) is 6.50. The molecule has 138 valence electrons. The zero-order valence-corrected chi connectivity index (χ0v) is 15.5. The largest absolute Gasteiger partial charge is 0.331 e. The van der Waals surface area contributed by atoms with Gasteiger partial charge in [-0.05, 0) is 44.4 Å². The number of carbonyl (C=O) groups excluding carboxylic acids is 1. The van der Waals surface area contributed by atoms with E-state index in [2.05, 4.69) is 10.4 Å². The van der Waals surface area contributed by atoms with Gasteiger partial charge in [-0.1, -0.05) is 12.1 Å². The van der Waals surface area contributed by atoms with Gasteiger partial charge in [-0.15, -0.1) is 0 Å². The number of halogens is 1. The first-order valence-electron chi connectivity index (χ1n) is 9.32. The number of aryl methyl sites for hydroxylation is 2. The van der Waals surface area contributed by atoms with Crippen LogP contribution in [0.5, 0.6) is 0 Å². The van der Waals surface area contributed by atoms with Crippen LogP contribution < -0.4 is 5.32 Å². The number of nitrogens with zero attached hydrogens (tertiary/aromatic N) is 3. The lowest BCUT2D eigenvalue weighted by molar-refractivity contribution is 0.0712. The van der Waals surface area contributed by atoms with Crippen LogP contribution in [0.15, 0.2) is 24.3 Å². The van der Waals surface area contributed by atoms with Gasteiger partial charge >= 0.3 is 0 Å². The van der Waals surface area contributed by atoms with Crippen LogP contribution in [0.25, 0.3) is 0 Å². The van der Waals surface area contributed by atoms with Gasteiger partial charge in [-0.2, -0.15) is 5.10 Å². The molecule has 0 spiro atoms. The molecule has 2 saturated heterocycles. The van der Waals surface area contributed by atoms with Crippen molar-refractivity contribution in [1.82, 2.24) is 20.0 Å². The number of fused-ring (bicyclic) bond motifs is 1. The molecule has 1 amide bonds. The Labute approximate surface area is 153 Å². The van der Waals surface area contributed by atoms with Gasteiger partial charge < -0.3 is 10.2 Å². The molecule has 1 aromatic carbocycles. The third kappa shape index (κ3) is 2.63. The molecule has 2 aromatic rings. The second-order valence-electron chi connectivity index (χ2n) is 7.40. The quantitative estimate of drug-likeness (QED) is 0.920. The zero-order chi connectivity index (χ0) is 18.4. The third-order valence-electron chi connectivity index (χ3n) is 5.91. The van der Waals surface area contributed by atoms with Crippen LogP contribution in [0.3, 0.4) is 0 Å². The van der Waals surface area contributed by atoms with Gasteiger partial charge in [-0.3, -0.25) is 9.48 Å². The normalized spacial score (nSPS) is 24.9. The van der Waals surface area contributed by atoms with Crippen LogP contribution in [-0.2, 0) is 6.54 Å². The summed E-state index contributed by atoms with van der Waals surface area (Å²) in [6.45, 7) is 9.08. The first-order chi connectivity index (χ1) is 12.5. The molecule has 2 aliphatic heterocycles. The number of carbonyl (C=O) groups is 1. The molecule has 5 nitrogen and oxygen atoms in total. The van der Waals surface area contributed by atoms with E-state index >= 15 is 0 Å².